The highest BCUT2D eigenvalue weighted by molar-refractivity contribution is 6.01. The molecule has 2 atom stereocenters. The van der Waals surface area contributed by atoms with E-state index in [4.69, 9.17) is 9.72 Å². The molecule has 3 aromatic rings. The lowest BCUT2D eigenvalue weighted by Gasteiger charge is -2.33. The summed E-state index contributed by atoms with van der Waals surface area (Å²) in [6.07, 6.45) is 2.65. The van der Waals surface area contributed by atoms with Gasteiger partial charge in [0.1, 0.15) is 11.9 Å². The van der Waals surface area contributed by atoms with Crippen molar-refractivity contribution in [2.45, 2.75) is 18.6 Å². The molecule has 2 aromatic heterocycles. The van der Waals surface area contributed by atoms with E-state index in [1.54, 1.807) is 42.9 Å². The number of aromatic nitrogens is 2. The summed E-state index contributed by atoms with van der Waals surface area (Å²) >= 11 is 0. The molecule has 1 fully saturated rings. The number of nitrogens with zero attached hydrogens (tertiary/aromatic N) is 4. The van der Waals surface area contributed by atoms with E-state index in [0.29, 0.717) is 52.8 Å². The molecule has 11 heteroatoms. The highest BCUT2D eigenvalue weighted by atomic mass is 19.1. The Hall–Kier alpha value is -4.56. The molecule has 1 aromatic carbocycles. The number of carbonyl (C=O) groups is 2. The van der Waals surface area contributed by atoms with Gasteiger partial charge in [-0.3, -0.25) is 18.9 Å². The molecular weight excluding hydrogens is 513 g/mol. The molecule has 210 valence electrons. The van der Waals surface area contributed by atoms with Crippen LogP contribution in [0.5, 0.6) is 5.75 Å². The van der Waals surface area contributed by atoms with E-state index in [1.807, 2.05) is 24.1 Å². The molecule has 2 amide bonds. The van der Waals surface area contributed by atoms with E-state index in [2.05, 4.69) is 34.4 Å². The Morgan fingerprint density at radius 3 is 2.83 bits per heavy atom. The van der Waals surface area contributed by atoms with Gasteiger partial charge in [0.05, 0.1) is 31.1 Å². The van der Waals surface area contributed by atoms with Gasteiger partial charge in [0.25, 0.3) is 11.8 Å². The number of carbonyl (C=O) groups excluding carboxylic acids is 2. The van der Waals surface area contributed by atoms with Crippen LogP contribution in [0.3, 0.4) is 0 Å². The van der Waals surface area contributed by atoms with Gasteiger partial charge in [0, 0.05) is 38.9 Å². The number of alkyl halides is 1. The average molecular weight is 548 g/mol. The molecule has 1 aliphatic heterocycles. The number of rotatable bonds is 8. The summed E-state index contributed by atoms with van der Waals surface area (Å²) in [5.74, 6) is 6.57. The summed E-state index contributed by atoms with van der Waals surface area (Å²) in [6, 6.07) is 8.40. The lowest BCUT2D eigenvalue weighted by atomic mass is 10.0. The van der Waals surface area contributed by atoms with E-state index in [1.165, 1.54) is 18.1 Å². The number of nitrogens with one attached hydrogen (secondary N) is 3. The van der Waals surface area contributed by atoms with Crippen molar-refractivity contribution in [3.63, 3.8) is 0 Å². The van der Waals surface area contributed by atoms with E-state index < -0.39 is 6.17 Å². The first-order valence-corrected chi connectivity index (χ1v) is 12.9. The van der Waals surface area contributed by atoms with Crippen molar-refractivity contribution in [1.82, 2.24) is 19.6 Å². The summed E-state index contributed by atoms with van der Waals surface area (Å²) in [4.78, 5) is 32.6. The standard InChI is InChI=1S/C29H34FN7O3/c1-6-26(38)36(4)29-24(9-7-14-32-22-12-11-19(28(39)31-2)17-25(22)40-5)34-27-23(10-8-15-37(27)29)33-21-13-16-35(3)18-20(21)30/h6,8,10-12,15,17,20-21,32-33H,1,13-14,16,18H2,2-5H3,(H,31,39)/t20-,21+/m0/s1. The molecule has 0 aliphatic carbocycles. The number of hydrogen-bond acceptors (Lipinski definition) is 7. The molecule has 1 aliphatic rings. The first kappa shape index (κ1) is 28.4. The Labute approximate surface area is 233 Å². The number of benzene rings is 1. The number of methoxy groups -OCH3 is 1. The van der Waals surface area contributed by atoms with Crippen LogP contribution in [0.15, 0.2) is 49.2 Å². The van der Waals surface area contributed by atoms with Crippen LogP contribution in [0.4, 0.5) is 21.6 Å². The van der Waals surface area contributed by atoms with Gasteiger partial charge < -0.3 is 25.6 Å². The largest absolute Gasteiger partial charge is 0.495 e. The summed E-state index contributed by atoms with van der Waals surface area (Å²) in [5, 5.41) is 9.10. The average Bonchev–Trinajstić information content (AvgIpc) is 3.34. The maximum Gasteiger partial charge on any atom is 0.251 e. The van der Waals surface area contributed by atoms with Gasteiger partial charge in [0.15, 0.2) is 17.2 Å². The Bertz CT molecular complexity index is 1480. The number of likely N-dealkylation sites (N-methyl/N-ethyl adjacent to an activating group) is 1. The highest BCUT2D eigenvalue weighted by Gasteiger charge is 2.28. The van der Waals surface area contributed by atoms with Crippen LogP contribution in [0.25, 0.3) is 5.65 Å². The zero-order valence-electron chi connectivity index (χ0n) is 23.1. The van der Waals surface area contributed by atoms with Crippen molar-refractivity contribution in [2.24, 2.45) is 0 Å². The Morgan fingerprint density at radius 2 is 2.12 bits per heavy atom. The van der Waals surface area contributed by atoms with E-state index in [0.717, 1.165) is 6.54 Å². The zero-order chi connectivity index (χ0) is 28.8. The second-order valence-corrected chi connectivity index (χ2v) is 9.47. The highest BCUT2D eigenvalue weighted by Crippen LogP contribution is 2.28. The van der Waals surface area contributed by atoms with Crippen LogP contribution >= 0.6 is 0 Å². The van der Waals surface area contributed by atoms with Crippen LogP contribution in [0.1, 0.15) is 22.5 Å². The monoisotopic (exact) mass is 547 g/mol. The Morgan fingerprint density at radius 1 is 1.32 bits per heavy atom. The van der Waals surface area contributed by atoms with Gasteiger partial charge in [-0.2, -0.15) is 0 Å². The van der Waals surface area contributed by atoms with E-state index in [-0.39, 0.29) is 24.4 Å². The maximum atomic E-state index is 14.8. The smallest absolute Gasteiger partial charge is 0.251 e. The fourth-order valence-corrected chi connectivity index (χ4v) is 4.62. The summed E-state index contributed by atoms with van der Waals surface area (Å²) in [5.41, 5.74) is 2.73. The van der Waals surface area contributed by atoms with Gasteiger partial charge >= 0.3 is 0 Å². The van der Waals surface area contributed by atoms with Crippen molar-refractivity contribution < 1.29 is 18.7 Å². The molecule has 0 spiro atoms. The second-order valence-electron chi connectivity index (χ2n) is 9.47. The van der Waals surface area contributed by atoms with Crippen molar-refractivity contribution >= 4 is 34.7 Å². The second kappa shape index (κ2) is 12.5. The van der Waals surface area contributed by atoms with E-state index in [9.17, 15) is 14.0 Å². The number of piperidine rings is 1. The molecular formula is C29H34FN7O3. The van der Waals surface area contributed by atoms with Crippen LogP contribution in [0, 0.1) is 11.8 Å². The number of fused-ring (bicyclic) bond motifs is 1. The molecule has 0 bridgehead atoms. The SMILES string of the molecule is C=CC(=O)N(C)c1c(C#CCNc2ccc(C(=O)NC)cc2OC)nc2c(N[C@@H]3CCN(C)C[C@@H]3F)cccn12. The predicted octanol–water partition coefficient (Wildman–Crippen LogP) is 2.77. The fourth-order valence-electron chi connectivity index (χ4n) is 4.62. The summed E-state index contributed by atoms with van der Waals surface area (Å²) in [7, 11) is 6.63. The molecule has 10 nitrogen and oxygen atoms in total. The first-order chi connectivity index (χ1) is 19.3. The van der Waals surface area contributed by atoms with Gasteiger partial charge in [-0.05, 0) is 55.8 Å². The van der Waals surface area contributed by atoms with Gasteiger partial charge in [0.2, 0.25) is 0 Å². The van der Waals surface area contributed by atoms with Crippen molar-refractivity contribution in [2.75, 3.05) is 63.4 Å². The summed E-state index contributed by atoms with van der Waals surface area (Å²) < 4.78 is 22.0. The fraction of sp³-hybridized carbons (Fsp3) is 0.345. The third-order valence-electron chi connectivity index (χ3n) is 6.80. The molecule has 3 heterocycles. The summed E-state index contributed by atoms with van der Waals surface area (Å²) in [6.45, 7) is 4.99. The number of halogens is 1. The molecule has 3 N–H and O–H groups in total. The quantitative estimate of drug-likeness (QED) is 0.294. The topological polar surface area (TPSA) is 103 Å². The number of pyridine rings is 1. The van der Waals surface area contributed by atoms with E-state index >= 15 is 0 Å². The molecule has 4 rings (SSSR count). The Kier molecular flexibility index (Phi) is 8.91. The molecule has 1 saturated heterocycles. The number of ether oxygens (including phenoxy) is 1. The van der Waals surface area contributed by atoms with Gasteiger partial charge in [-0.25, -0.2) is 9.37 Å². The lowest BCUT2D eigenvalue weighted by Crippen LogP contribution is -2.46. The molecule has 0 radical (unpaired) electrons. The third kappa shape index (κ3) is 6.02. The number of amides is 2. The zero-order valence-corrected chi connectivity index (χ0v) is 23.1. The first-order valence-electron chi connectivity index (χ1n) is 12.9. The molecule has 0 unspecified atom stereocenters. The van der Waals surface area contributed by atoms with Crippen molar-refractivity contribution in [1.29, 1.82) is 0 Å². The number of imidazole rings is 1. The number of hydrogen-bond donors (Lipinski definition) is 3. The van der Waals surface area contributed by atoms with Crippen LogP contribution in [-0.4, -0.2) is 86.2 Å². The minimum absolute atomic E-state index is 0.214. The Balaban J connectivity index is 1.63. The predicted molar refractivity (Wildman–Crippen MR) is 155 cm³/mol. The molecule has 40 heavy (non-hydrogen) atoms. The lowest BCUT2D eigenvalue weighted by molar-refractivity contribution is -0.113. The third-order valence-corrected chi connectivity index (χ3v) is 6.80. The van der Waals surface area contributed by atoms with Crippen molar-refractivity contribution in [3.05, 3.63) is 60.4 Å². The minimum atomic E-state index is -1.02. The van der Waals surface area contributed by atoms with Crippen LogP contribution < -0.4 is 25.6 Å². The normalized spacial score (nSPS) is 16.9. The van der Waals surface area contributed by atoms with Gasteiger partial charge in [-0.1, -0.05) is 12.5 Å². The minimum Gasteiger partial charge on any atom is -0.495 e. The van der Waals surface area contributed by atoms with Gasteiger partial charge in [-0.15, -0.1) is 0 Å². The molecule has 0 saturated carbocycles. The number of anilines is 3. The number of likely N-dealkylation sites (tertiary alicyclic amines) is 1. The van der Waals surface area contributed by atoms with Crippen molar-refractivity contribution in [3.8, 4) is 17.6 Å². The van der Waals surface area contributed by atoms with Crippen LogP contribution in [-0.2, 0) is 4.79 Å². The maximum absolute atomic E-state index is 14.8. The van der Waals surface area contributed by atoms with Crippen LogP contribution in [0.2, 0.25) is 0 Å².